The number of carbonyl (C=O) groups is 4. The van der Waals surface area contributed by atoms with Crippen molar-refractivity contribution in [2.75, 3.05) is 5.32 Å². The van der Waals surface area contributed by atoms with Crippen molar-refractivity contribution in [3.05, 3.63) is 77.4 Å². The number of aryl methyl sites for hydroxylation is 2. The van der Waals surface area contributed by atoms with Gasteiger partial charge in [0.05, 0.1) is 0 Å². The smallest absolute Gasteiger partial charge is 0.408 e. The first-order valence-electron chi connectivity index (χ1n) is 15.0. The van der Waals surface area contributed by atoms with Crippen molar-refractivity contribution in [2.24, 2.45) is 5.73 Å². The molecule has 2 atom stereocenters. The van der Waals surface area contributed by atoms with Gasteiger partial charge in [0, 0.05) is 17.6 Å². The second-order valence-corrected chi connectivity index (χ2v) is 13.0. The van der Waals surface area contributed by atoms with E-state index in [1.807, 2.05) is 95.3 Å². The van der Waals surface area contributed by atoms with Crippen LogP contribution in [0.2, 0.25) is 0 Å². The molecule has 0 saturated carbocycles. The number of nitrogens with one attached hydrogen (secondary N) is 2. The van der Waals surface area contributed by atoms with E-state index in [0.29, 0.717) is 17.7 Å². The summed E-state index contributed by atoms with van der Waals surface area (Å²) in [5, 5.41) is 7.69. The van der Waals surface area contributed by atoms with E-state index in [9.17, 15) is 19.2 Å². The number of rotatable bonds is 11. The van der Waals surface area contributed by atoms with Gasteiger partial charge in [-0.25, -0.2) is 4.79 Å². The lowest BCUT2D eigenvalue weighted by atomic mass is 9.90. The van der Waals surface area contributed by atoms with Crippen LogP contribution in [0.1, 0.15) is 83.5 Å². The van der Waals surface area contributed by atoms with E-state index in [0.717, 1.165) is 21.9 Å². The molecule has 9 nitrogen and oxygen atoms in total. The standard InChI is InChI=1S/C35H46N4O5/c1-9-35(7,8)39(32(42)28(16-17-29(36)40)38-33(43)44-34(4,5)6)30(26-19-22(2)18-23(3)20-26)31(41)37-27-15-14-24-12-10-11-13-25(24)21-27/h10-15,18-21,28,30H,9,16-17H2,1-8H3,(H2,36,40)(H,37,41)(H,38,43). The molecule has 0 aromatic heterocycles. The molecular weight excluding hydrogens is 556 g/mol. The first-order valence-corrected chi connectivity index (χ1v) is 15.0. The van der Waals surface area contributed by atoms with Crippen molar-refractivity contribution in [2.45, 2.75) is 97.9 Å². The molecule has 4 amide bonds. The minimum atomic E-state index is -1.18. The molecule has 3 rings (SSSR count). The van der Waals surface area contributed by atoms with Crippen LogP contribution < -0.4 is 16.4 Å². The molecule has 4 N–H and O–H groups in total. The average Bonchev–Trinajstić information content (AvgIpc) is 2.91. The van der Waals surface area contributed by atoms with Gasteiger partial charge >= 0.3 is 6.09 Å². The maximum absolute atomic E-state index is 14.6. The van der Waals surface area contributed by atoms with Crippen LogP contribution in [0.5, 0.6) is 0 Å². The molecule has 0 heterocycles. The van der Waals surface area contributed by atoms with Crippen molar-refractivity contribution in [1.29, 1.82) is 0 Å². The Morgan fingerprint density at radius 1 is 0.886 bits per heavy atom. The molecule has 0 bridgehead atoms. The van der Waals surface area contributed by atoms with Crippen molar-refractivity contribution in [3.8, 4) is 0 Å². The fraction of sp³-hybridized carbons (Fsp3) is 0.429. The predicted octanol–water partition coefficient (Wildman–Crippen LogP) is 6.31. The maximum Gasteiger partial charge on any atom is 0.408 e. The van der Waals surface area contributed by atoms with Crippen molar-refractivity contribution in [1.82, 2.24) is 10.2 Å². The Bertz CT molecular complexity index is 1500. The molecule has 0 radical (unpaired) electrons. The van der Waals surface area contributed by atoms with Crippen LogP contribution in [0.15, 0.2) is 60.7 Å². The topological polar surface area (TPSA) is 131 Å². The van der Waals surface area contributed by atoms with Crippen molar-refractivity contribution in [3.63, 3.8) is 0 Å². The highest BCUT2D eigenvalue weighted by Gasteiger charge is 2.43. The number of fused-ring (bicyclic) bond motifs is 1. The predicted molar refractivity (Wildman–Crippen MR) is 174 cm³/mol. The number of hydrogen-bond donors (Lipinski definition) is 3. The van der Waals surface area contributed by atoms with Gasteiger partial charge in [-0.1, -0.05) is 66.6 Å². The number of ether oxygens (including phenoxy) is 1. The van der Waals surface area contributed by atoms with E-state index in [1.54, 1.807) is 20.8 Å². The van der Waals surface area contributed by atoms with Gasteiger partial charge in [0.2, 0.25) is 11.8 Å². The molecule has 2 unspecified atom stereocenters. The SMILES string of the molecule is CCC(C)(C)N(C(=O)C(CCC(N)=O)NC(=O)OC(C)(C)C)C(C(=O)Nc1ccc2ccccc2c1)c1cc(C)cc(C)c1. The van der Waals surface area contributed by atoms with Gasteiger partial charge in [0.25, 0.3) is 5.91 Å². The zero-order valence-corrected chi connectivity index (χ0v) is 27.1. The van der Waals surface area contributed by atoms with E-state index in [-0.39, 0.29) is 12.8 Å². The quantitative estimate of drug-likeness (QED) is 0.237. The Morgan fingerprint density at radius 3 is 2.07 bits per heavy atom. The highest BCUT2D eigenvalue weighted by atomic mass is 16.6. The first kappa shape index (κ1) is 34.1. The second kappa shape index (κ2) is 13.9. The molecule has 0 saturated heterocycles. The molecular formula is C35H46N4O5. The fourth-order valence-electron chi connectivity index (χ4n) is 5.17. The average molecular weight is 603 g/mol. The highest BCUT2D eigenvalue weighted by molar-refractivity contribution is 6.00. The minimum Gasteiger partial charge on any atom is -0.444 e. The Balaban J connectivity index is 2.14. The van der Waals surface area contributed by atoms with Crippen molar-refractivity contribution >= 4 is 40.3 Å². The Labute approximate surface area is 260 Å². The van der Waals surface area contributed by atoms with Crippen molar-refractivity contribution < 1.29 is 23.9 Å². The largest absolute Gasteiger partial charge is 0.444 e. The summed E-state index contributed by atoms with van der Waals surface area (Å²) in [6.45, 7) is 14.7. The highest BCUT2D eigenvalue weighted by Crippen LogP contribution is 2.34. The van der Waals surface area contributed by atoms with Crippen LogP contribution in [0.4, 0.5) is 10.5 Å². The summed E-state index contributed by atoms with van der Waals surface area (Å²) in [6, 6.07) is 17.0. The Morgan fingerprint density at radius 2 is 1.50 bits per heavy atom. The number of amides is 4. The van der Waals surface area contributed by atoms with E-state index >= 15 is 0 Å². The second-order valence-electron chi connectivity index (χ2n) is 13.0. The number of alkyl carbamates (subject to hydrolysis) is 1. The molecule has 9 heteroatoms. The normalized spacial score (nSPS) is 13.1. The van der Waals surface area contributed by atoms with Crippen LogP contribution >= 0.6 is 0 Å². The molecule has 0 aliphatic rings. The van der Waals surface area contributed by atoms with Crippen LogP contribution in [-0.2, 0) is 19.1 Å². The third-order valence-electron chi connectivity index (χ3n) is 7.51. The van der Waals surface area contributed by atoms with E-state index in [1.165, 1.54) is 4.90 Å². The lowest BCUT2D eigenvalue weighted by Crippen LogP contribution is -2.59. The molecule has 3 aromatic carbocycles. The zero-order chi connectivity index (χ0) is 32.8. The van der Waals surface area contributed by atoms with Gasteiger partial charge in [-0.05, 0) is 89.8 Å². The van der Waals surface area contributed by atoms with Crippen LogP contribution in [0, 0.1) is 13.8 Å². The molecule has 0 fully saturated rings. The summed E-state index contributed by atoms with van der Waals surface area (Å²) < 4.78 is 5.44. The fourth-order valence-corrected chi connectivity index (χ4v) is 5.17. The molecule has 236 valence electrons. The van der Waals surface area contributed by atoms with E-state index < -0.39 is 47.0 Å². The summed E-state index contributed by atoms with van der Waals surface area (Å²) in [7, 11) is 0. The van der Waals surface area contributed by atoms with Crippen LogP contribution in [-0.4, -0.2) is 45.9 Å². The van der Waals surface area contributed by atoms with Crippen LogP contribution in [0.3, 0.4) is 0 Å². The van der Waals surface area contributed by atoms with Gasteiger partial charge in [-0.2, -0.15) is 0 Å². The molecule has 0 aliphatic carbocycles. The molecule has 0 aliphatic heterocycles. The number of nitrogens with zero attached hydrogens (tertiary/aromatic N) is 1. The lowest BCUT2D eigenvalue weighted by Gasteiger charge is -2.44. The lowest BCUT2D eigenvalue weighted by molar-refractivity contribution is -0.148. The monoisotopic (exact) mass is 602 g/mol. The zero-order valence-electron chi connectivity index (χ0n) is 27.1. The van der Waals surface area contributed by atoms with Gasteiger partial charge in [-0.15, -0.1) is 0 Å². The van der Waals surface area contributed by atoms with E-state index in [2.05, 4.69) is 10.6 Å². The summed E-state index contributed by atoms with van der Waals surface area (Å²) >= 11 is 0. The van der Waals surface area contributed by atoms with Gasteiger partial charge in [0.15, 0.2) is 0 Å². The third-order valence-corrected chi connectivity index (χ3v) is 7.51. The first-order chi connectivity index (χ1) is 20.5. The number of anilines is 1. The maximum atomic E-state index is 14.6. The van der Waals surface area contributed by atoms with E-state index in [4.69, 9.17) is 10.5 Å². The molecule has 3 aromatic rings. The number of hydrogen-bond acceptors (Lipinski definition) is 5. The number of primary amides is 1. The Kier molecular flexibility index (Phi) is 10.8. The van der Waals surface area contributed by atoms with Gasteiger partial charge < -0.3 is 26.0 Å². The summed E-state index contributed by atoms with van der Waals surface area (Å²) in [6.07, 6.45) is -0.518. The minimum absolute atomic E-state index is 0.0600. The Hall–Kier alpha value is -4.40. The summed E-state index contributed by atoms with van der Waals surface area (Å²) in [5.74, 6) is -1.55. The number of nitrogens with two attached hydrogens (primary N) is 1. The van der Waals surface area contributed by atoms with Crippen LogP contribution in [0.25, 0.3) is 10.8 Å². The summed E-state index contributed by atoms with van der Waals surface area (Å²) in [4.78, 5) is 55.2. The third kappa shape index (κ3) is 9.05. The van der Waals surface area contributed by atoms with Gasteiger partial charge in [-0.3, -0.25) is 14.4 Å². The summed E-state index contributed by atoms with van der Waals surface area (Å²) in [5.41, 5.74) is 6.86. The molecule has 0 spiro atoms. The number of benzene rings is 3. The van der Waals surface area contributed by atoms with Gasteiger partial charge in [0.1, 0.15) is 17.7 Å². The number of carbonyl (C=O) groups excluding carboxylic acids is 4. The molecule has 44 heavy (non-hydrogen) atoms.